The van der Waals surface area contributed by atoms with Gasteiger partial charge in [0.15, 0.2) is 5.96 Å². The Kier molecular flexibility index (Phi) is 9.69. The van der Waals surface area contributed by atoms with Crippen molar-refractivity contribution in [2.24, 2.45) is 4.99 Å². The average Bonchev–Trinajstić information content (AvgIpc) is 2.74. The second kappa shape index (κ2) is 11.7. The Balaban J connectivity index is 2.05. The number of nitrogens with one attached hydrogen (secondary N) is 2. The molecule has 0 radical (unpaired) electrons. The number of rotatable bonds is 9. The molecule has 6 nitrogen and oxygen atoms in total. The maximum Gasteiger partial charge on any atom is 0.191 e. The first kappa shape index (κ1) is 23.9. The number of benzene rings is 1. The zero-order chi connectivity index (χ0) is 21.3. The molecule has 1 saturated heterocycles. The second-order valence-electron chi connectivity index (χ2n) is 7.80. The maximum atomic E-state index is 6.52. The third-order valence-electron chi connectivity index (χ3n) is 6.16. The molecule has 0 aromatic heterocycles. The highest BCUT2D eigenvalue weighted by Gasteiger charge is 2.35. The minimum atomic E-state index is 0.0941. The van der Waals surface area contributed by atoms with Crippen LogP contribution < -0.4 is 10.6 Å². The Hall–Kier alpha value is -1.34. The summed E-state index contributed by atoms with van der Waals surface area (Å²) >= 11 is 6.52. The summed E-state index contributed by atoms with van der Waals surface area (Å²) in [6.45, 7) is 9.49. The standard InChI is InChI=1S/C22H38ClN5O/c1-6-28(7-2)20(18-10-8-9-11-19(18)23)16-25-21(24-3)26-17-22(27(4)5)12-14-29-15-13-22/h8-11,20H,6-7,12-17H2,1-5H3,(H2,24,25,26). The molecule has 2 rings (SSSR count). The zero-order valence-electron chi connectivity index (χ0n) is 18.7. The van der Waals surface area contributed by atoms with Crippen LogP contribution in [0.15, 0.2) is 29.3 Å². The molecule has 1 unspecified atom stereocenters. The molecule has 0 saturated carbocycles. The van der Waals surface area contributed by atoms with Gasteiger partial charge in [0.1, 0.15) is 0 Å². The average molecular weight is 424 g/mol. The van der Waals surface area contributed by atoms with Gasteiger partial charge in [-0.1, -0.05) is 43.6 Å². The van der Waals surface area contributed by atoms with Crippen LogP contribution in [-0.4, -0.2) is 81.8 Å². The summed E-state index contributed by atoms with van der Waals surface area (Å²) < 4.78 is 5.58. The van der Waals surface area contributed by atoms with Crippen molar-refractivity contribution in [2.75, 3.05) is 60.5 Å². The largest absolute Gasteiger partial charge is 0.381 e. The third kappa shape index (κ3) is 6.32. The molecule has 7 heteroatoms. The van der Waals surface area contributed by atoms with Crippen LogP contribution in [0.4, 0.5) is 0 Å². The number of likely N-dealkylation sites (N-methyl/N-ethyl adjacent to an activating group) is 2. The number of guanidine groups is 1. The lowest BCUT2D eigenvalue weighted by molar-refractivity contribution is -0.00502. The van der Waals surface area contributed by atoms with Gasteiger partial charge in [-0.15, -0.1) is 0 Å². The molecular weight excluding hydrogens is 386 g/mol. The fraction of sp³-hybridized carbons (Fsp3) is 0.682. The van der Waals surface area contributed by atoms with Crippen molar-refractivity contribution < 1.29 is 4.74 Å². The van der Waals surface area contributed by atoms with E-state index < -0.39 is 0 Å². The number of nitrogens with zero attached hydrogens (tertiary/aromatic N) is 3. The van der Waals surface area contributed by atoms with Gasteiger partial charge in [0.2, 0.25) is 0 Å². The Morgan fingerprint density at radius 3 is 2.38 bits per heavy atom. The lowest BCUT2D eigenvalue weighted by Crippen LogP contribution is -2.57. The first-order valence-corrected chi connectivity index (χ1v) is 11.0. The Labute approximate surface area is 181 Å². The quantitative estimate of drug-likeness (QED) is 0.472. The molecule has 1 aliphatic rings. The van der Waals surface area contributed by atoms with E-state index >= 15 is 0 Å². The monoisotopic (exact) mass is 423 g/mol. The van der Waals surface area contributed by atoms with Crippen molar-refractivity contribution in [1.29, 1.82) is 0 Å². The predicted molar refractivity (Wildman–Crippen MR) is 123 cm³/mol. The zero-order valence-corrected chi connectivity index (χ0v) is 19.4. The smallest absolute Gasteiger partial charge is 0.191 e. The van der Waals surface area contributed by atoms with Crippen LogP contribution in [0.3, 0.4) is 0 Å². The SMILES string of the molecule is CCN(CC)C(CNC(=NC)NCC1(N(C)C)CCOCC1)c1ccccc1Cl. The minimum absolute atomic E-state index is 0.0941. The summed E-state index contributed by atoms with van der Waals surface area (Å²) in [5, 5.41) is 7.88. The van der Waals surface area contributed by atoms with Gasteiger partial charge in [0.05, 0.1) is 6.04 Å². The minimum Gasteiger partial charge on any atom is -0.381 e. The molecule has 0 spiro atoms. The Morgan fingerprint density at radius 1 is 1.17 bits per heavy atom. The molecule has 1 atom stereocenters. The lowest BCUT2D eigenvalue weighted by atomic mass is 9.88. The molecule has 2 N–H and O–H groups in total. The van der Waals surface area contributed by atoms with Crippen molar-refractivity contribution >= 4 is 17.6 Å². The molecule has 1 heterocycles. The van der Waals surface area contributed by atoms with E-state index in [-0.39, 0.29) is 11.6 Å². The van der Waals surface area contributed by atoms with Gasteiger partial charge in [0.25, 0.3) is 0 Å². The van der Waals surface area contributed by atoms with E-state index in [4.69, 9.17) is 16.3 Å². The van der Waals surface area contributed by atoms with Gasteiger partial charge in [-0.25, -0.2) is 0 Å². The summed E-state index contributed by atoms with van der Waals surface area (Å²) in [7, 11) is 6.12. The molecule has 1 fully saturated rings. The van der Waals surface area contributed by atoms with Gasteiger partial charge in [-0.05, 0) is 51.7 Å². The van der Waals surface area contributed by atoms with Crippen LogP contribution in [0.5, 0.6) is 0 Å². The van der Waals surface area contributed by atoms with Gasteiger partial charge in [-0.3, -0.25) is 9.89 Å². The van der Waals surface area contributed by atoms with Crippen LogP contribution in [0, 0.1) is 0 Å². The third-order valence-corrected chi connectivity index (χ3v) is 6.51. The molecule has 0 aliphatic carbocycles. The molecular formula is C22H38ClN5O. The molecule has 0 amide bonds. The Bertz CT molecular complexity index is 642. The summed E-state index contributed by atoms with van der Waals surface area (Å²) in [5.74, 6) is 0.821. The molecule has 29 heavy (non-hydrogen) atoms. The van der Waals surface area contributed by atoms with Crippen molar-refractivity contribution in [2.45, 2.75) is 38.3 Å². The highest BCUT2D eigenvalue weighted by molar-refractivity contribution is 6.31. The molecule has 164 valence electrons. The van der Waals surface area contributed by atoms with Crippen LogP contribution in [0.2, 0.25) is 5.02 Å². The number of ether oxygens (including phenoxy) is 1. The van der Waals surface area contributed by atoms with Gasteiger partial charge in [0, 0.05) is 43.9 Å². The first-order chi connectivity index (χ1) is 14.0. The van der Waals surface area contributed by atoms with Gasteiger partial charge in [-0.2, -0.15) is 0 Å². The van der Waals surface area contributed by atoms with E-state index in [2.05, 4.69) is 65.5 Å². The van der Waals surface area contributed by atoms with E-state index in [1.165, 1.54) is 0 Å². The van der Waals surface area contributed by atoms with E-state index in [0.29, 0.717) is 0 Å². The van der Waals surface area contributed by atoms with E-state index in [1.54, 1.807) is 0 Å². The van der Waals surface area contributed by atoms with Crippen molar-refractivity contribution in [3.63, 3.8) is 0 Å². The summed E-state index contributed by atoms with van der Waals surface area (Å²) in [6.07, 6.45) is 2.04. The van der Waals surface area contributed by atoms with Gasteiger partial charge < -0.3 is 20.3 Å². The number of aliphatic imine (C=N–C) groups is 1. The van der Waals surface area contributed by atoms with Crippen LogP contribution in [-0.2, 0) is 4.74 Å². The summed E-state index contributed by atoms with van der Waals surface area (Å²) in [5.41, 5.74) is 1.24. The topological polar surface area (TPSA) is 52.1 Å². The van der Waals surface area contributed by atoms with E-state index in [9.17, 15) is 0 Å². The first-order valence-electron chi connectivity index (χ1n) is 10.7. The second-order valence-corrected chi connectivity index (χ2v) is 8.20. The van der Waals surface area contributed by atoms with Gasteiger partial charge >= 0.3 is 0 Å². The molecule has 1 aliphatic heterocycles. The number of hydrogen-bond acceptors (Lipinski definition) is 4. The summed E-state index contributed by atoms with van der Waals surface area (Å²) in [6, 6.07) is 8.30. The lowest BCUT2D eigenvalue weighted by Gasteiger charge is -2.43. The van der Waals surface area contributed by atoms with Crippen molar-refractivity contribution in [3.8, 4) is 0 Å². The van der Waals surface area contributed by atoms with E-state index in [0.717, 1.165) is 68.8 Å². The van der Waals surface area contributed by atoms with Crippen LogP contribution in [0.1, 0.15) is 38.3 Å². The highest BCUT2D eigenvalue weighted by Crippen LogP contribution is 2.27. The molecule has 1 aromatic carbocycles. The number of halogens is 1. The summed E-state index contributed by atoms with van der Waals surface area (Å²) in [4.78, 5) is 9.19. The highest BCUT2D eigenvalue weighted by atomic mass is 35.5. The molecule has 1 aromatic rings. The predicted octanol–water partition coefficient (Wildman–Crippen LogP) is 3.00. The maximum absolute atomic E-state index is 6.52. The van der Waals surface area contributed by atoms with Crippen molar-refractivity contribution in [3.05, 3.63) is 34.9 Å². The molecule has 0 bridgehead atoms. The van der Waals surface area contributed by atoms with Crippen molar-refractivity contribution in [1.82, 2.24) is 20.4 Å². The normalized spacial score (nSPS) is 18.1. The van der Waals surface area contributed by atoms with Crippen LogP contribution in [0.25, 0.3) is 0 Å². The van der Waals surface area contributed by atoms with Crippen LogP contribution >= 0.6 is 11.6 Å². The Morgan fingerprint density at radius 2 is 1.83 bits per heavy atom. The fourth-order valence-electron chi connectivity index (χ4n) is 4.04. The number of hydrogen-bond donors (Lipinski definition) is 2. The van der Waals surface area contributed by atoms with E-state index in [1.807, 2.05) is 19.2 Å². The fourth-order valence-corrected chi connectivity index (χ4v) is 4.30.